The molecule has 0 fully saturated rings. The number of carbonyl (C=O) groups excluding carboxylic acids is 2. The number of carbonyl (C=O) groups is 2. The van der Waals surface area contributed by atoms with Gasteiger partial charge in [-0.1, -0.05) is 18.7 Å². The molecule has 0 spiro atoms. The van der Waals surface area contributed by atoms with Crippen LogP contribution in [0.3, 0.4) is 0 Å². The molecular weight excluding hydrogens is 327 g/mol. The van der Waals surface area contributed by atoms with E-state index >= 15 is 0 Å². The number of nitriles is 1. The molecule has 0 radical (unpaired) electrons. The second-order valence-corrected chi connectivity index (χ2v) is 4.86. The van der Waals surface area contributed by atoms with E-state index in [4.69, 9.17) is 14.7 Å². The van der Waals surface area contributed by atoms with Gasteiger partial charge >= 0.3 is 18.1 Å². The highest BCUT2D eigenvalue weighted by molar-refractivity contribution is 5.87. The van der Waals surface area contributed by atoms with Crippen LogP contribution in [-0.2, 0) is 31.8 Å². The fourth-order valence-corrected chi connectivity index (χ4v) is 1.49. The Morgan fingerprint density at radius 3 is 2.29 bits per heavy atom. The van der Waals surface area contributed by atoms with E-state index in [0.717, 1.165) is 12.1 Å². The number of rotatable bonds is 6. The molecule has 0 amide bonds. The molecule has 0 saturated heterocycles. The molecule has 1 aromatic carbocycles. The zero-order valence-corrected chi connectivity index (χ0v) is 12.7. The first-order chi connectivity index (χ1) is 11.1. The average molecular weight is 341 g/mol. The zero-order valence-electron chi connectivity index (χ0n) is 12.7. The first-order valence-electron chi connectivity index (χ1n) is 6.70. The van der Waals surface area contributed by atoms with Gasteiger partial charge in [0.15, 0.2) is 5.92 Å². The maximum atomic E-state index is 12.4. The number of esters is 2. The third-order valence-electron chi connectivity index (χ3n) is 2.83. The first-order valence-corrected chi connectivity index (χ1v) is 6.70. The fourth-order valence-electron chi connectivity index (χ4n) is 1.49. The second kappa shape index (κ2) is 8.15. The highest BCUT2D eigenvalue weighted by Gasteiger charge is 2.30. The van der Waals surface area contributed by atoms with Crippen LogP contribution in [0.15, 0.2) is 36.4 Å². The third-order valence-corrected chi connectivity index (χ3v) is 2.83. The lowest BCUT2D eigenvalue weighted by molar-refractivity contribution is -0.152. The molecule has 1 atom stereocenters. The zero-order chi connectivity index (χ0) is 18.3. The van der Waals surface area contributed by atoms with Crippen molar-refractivity contribution in [1.82, 2.24) is 0 Å². The molecule has 0 aliphatic carbocycles. The minimum atomic E-state index is -4.45. The van der Waals surface area contributed by atoms with E-state index < -0.39 is 36.2 Å². The lowest BCUT2D eigenvalue weighted by Crippen LogP contribution is -2.23. The highest BCUT2D eigenvalue weighted by atomic mass is 19.4. The van der Waals surface area contributed by atoms with Gasteiger partial charge in [-0.3, -0.25) is 4.79 Å². The lowest BCUT2D eigenvalue weighted by Gasteiger charge is -2.11. The van der Waals surface area contributed by atoms with E-state index in [-0.39, 0.29) is 12.2 Å². The lowest BCUT2D eigenvalue weighted by atomic mass is 10.1. The summed E-state index contributed by atoms with van der Waals surface area (Å²) in [6.45, 7) is 3.97. The molecule has 8 heteroatoms. The van der Waals surface area contributed by atoms with Gasteiger partial charge in [-0.25, -0.2) is 4.79 Å². The van der Waals surface area contributed by atoms with Gasteiger partial charge in [0.1, 0.15) is 13.2 Å². The molecule has 0 saturated carbocycles. The van der Waals surface area contributed by atoms with Crippen LogP contribution in [0, 0.1) is 17.2 Å². The van der Waals surface area contributed by atoms with Crippen molar-refractivity contribution in [2.24, 2.45) is 5.92 Å². The summed E-state index contributed by atoms with van der Waals surface area (Å²) in [7, 11) is 0. The van der Waals surface area contributed by atoms with Gasteiger partial charge in [-0.05, 0) is 24.6 Å². The first kappa shape index (κ1) is 19.2. The monoisotopic (exact) mass is 341 g/mol. The largest absolute Gasteiger partial charge is 0.460 e. The predicted octanol–water partition coefficient (Wildman–Crippen LogP) is 3.01. The van der Waals surface area contributed by atoms with Crippen LogP contribution in [0.25, 0.3) is 0 Å². The minimum absolute atomic E-state index is 0.116. The van der Waals surface area contributed by atoms with E-state index in [2.05, 4.69) is 6.58 Å². The molecule has 128 valence electrons. The summed E-state index contributed by atoms with van der Waals surface area (Å²) in [6.07, 6.45) is -4.45. The molecule has 0 aliphatic rings. The molecule has 0 aliphatic heterocycles. The van der Waals surface area contributed by atoms with Gasteiger partial charge in [-0.2, -0.15) is 18.4 Å². The van der Waals surface area contributed by atoms with Crippen LogP contribution >= 0.6 is 0 Å². The molecule has 1 rings (SSSR count). The van der Waals surface area contributed by atoms with E-state index in [1.54, 1.807) is 6.07 Å². The summed E-state index contributed by atoms with van der Waals surface area (Å²) in [6, 6.07) is 5.68. The van der Waals surface area contributed by atoms with Gasteiger partial charge < -0.3 is 9.47 Å². The summed E-state index contributed by atoms with van der Waals surface area (Å²) in [4.78, 5) is 22.9. The second-order valence-electron chi connectivity index (χ2n) is 4.86. The Kier molecular flexibility index (Phi) is 6.53. The highest BCUT2D eigenvalue weighted by Crippen LogP contribution is 2.29. The number of ether oxygens (including phenoxy) is 2. The van der Waals surface area contributed by atoms with Crippen LogP contribution in [0.1, 0.15) is 18.1 Å². The summed E-state index contributed by atoms with van der Waals surface area (Å²) in [5.74, 6) is -3.01. The number of hydrogen-bond donors (Lipinski definition) is 0. The summed E-state index contributed by atoms with van der Waals surface area (Å²) in [5.41, 5.74) is -0.379. The SMILES string of the molecule is C=C(C)C(=O)OCC(C#N)C(=O)OCc1ccc(C(F)(F)F)cc1. The molecule has 24 heavy (non-hydrogen) atoms. The van der Waals surface area contributed by atoms with E-state index in [0.29, 0.717) is 5.56 Å². The van der Waals surface area contributed by atoms with Crippen LogP contribution < -0.4 is 0 Å². The summed E-state index contributed by atoms with van der Waals surface area (Å²) in [5, 5.41) is 8.88. The molecule has 0 N–H and O–H groups in total. The van der Waals surface area contributed by atoms with Gasteiger partial charge in [0, 0.05) is 5.57 Å². The van der Waals surface area contributed by atoms with Crippen LogP contribution in [-0.4, -0.2) is 18.5 Å². The molecule has 0 heterocycles. The Hall–Kier alpha value is -2.82. The number of hydrogen-bond acceptors (Lipinski definition) is 5. The number of alkyl halides is 3. The van der Waals surface area contributed by atoms with Crippen LogP contribution in [0.4, 0.5) is 13.2 Å². The van der Waals surface area contributed by atoms with Crippen molar-refractivity contribution >= 4 is 11.9 Å². The minimum Gasteiger partial charge on any atom is -0.460 e. The molecular formula is C16H14F3NO4. The van der Waals surface area contributed by atoms with Crippen LogP contribution in [0.2, 0.25) is 0 Å². The van der Waals surface area contributed by atoms with Gasteiger partial charge in [0.05, 0.1) is 11.6 Å². The Morgan fingerprint density at radius 1 is 1.25 bits per heavy atom. The van der Waals surface area contributed by atoms with E-state index in [1.165, 1.54) is 19.1 Å². The number of benzene rings is 1. The molecule has 0 aromatic heterocycles. The molecule has 1 aromatic rings. The Balaban J connectivity index is 2.56. The van der Waals surface area contributed by atoms with Crippen molar-refractivity contribution in [3.63, 3.8) is 0 Å². The smallest absolute Gasteiger partial charge is 0.416 e. The maximum Gasteiger partial charge on any atom is 0.416 e. The quantitative estimate of drug-likeness (QED) is 0.587. The van der Waals surface area contributed by atoms with Crippen molar-refractivity contribution in [1.29, 1.82) is 5.26 Å². The van der Waals surface area contributed by atoms with Crippen LogP contribution in [0.5, 0.6) is 0 Å². The Labute approximate surface area is 136 Å². The Morgan fingerprint density at radius 2 is 1.83 bits per heavy atom. The van der Waals surface area contributed by atoms with Gasteiger partial charge in [0.2, 0.25) is 0 Å². The van der Waals surface area contributed by atoms with Crippen molar-refractivity contribution < 1.29 is 32.2 Å². The van der Waals surface area contributed by atoms with Crippen molar-refractivity contribution in [2.75, 3.05) is 6.61 Å². The topological polar surface area (TPSA) is 76.4 Å². The maximum absolute atomic E-state index is 12.4. The predicted molar refractivity (Wildman–Crippen MR) is 76.1 cm³/mol. The summed E-state index contributed by atoms with van der Waals surface area (Å²) < 4.78 is 46.8. The van der Waals surface area contributed by atoms with Crippen molar-refractivity contribution in [2.45, 2.75) is 19.7 Å². The van der Waals surface area contributed by atoms with E-state index in [1.807, 2.05) is 0 Å². The third kappa shape index (κ3) is 5.76. The Bertz CT molecular complexity index is 659. The average Bonchev–Trinajstić information content (AvgIpc) is 2.52. The molecule has 0 bridgehead atoms. The number of nitrogens with zero attached hydrogens (tertiary/aromatic N) is 1. The normalized spacial score (nSPS) is 12.0. The van der Waals surface area contributed by atoms with E-state index in [9.17, 15) is 22.8 Å². The number of halogens is 3. The van der Waals surface area contributed by atoms with Gasteiger partial charge in [-0.15, -0.1) is 0 Å². The van der Waals surface area contributed by atoms with Gasteiger partial charge in [0.25, 0.3) is 0 Å². The van der Waals surface area contributed by atoms with Crippen molar-refractivity contribution in [3.05, 3.63) is 47.5 Å². The fraction of sp³-hybridized carbons (Fsp3) is 0.312. The molecule has 5 nitrogen and oxygen atoms in total. The van der Waals surface area contributed by atoms with Crippen molar-refractivity contribution in [3.8, 4) is 6.07 Å². The standard InChI is InChI=1S/C16H14F3NO4/c1-10(2)14(21)24-9-12(7-20)15(22)23-8-11-3-5-13(6-4-11)16(17,18)19/h3-6,12H,1,8-9H2,2H3. The molecule has 1 unspecified atom stereocenters. The summed E-state index contributed by atoms with van der Waals surface area (Å²) >= 11 is 0.